The summed E-state index contributed by atoms with van der Waals surface area (Å²) in [5.41, 5.74) is 2.19. The summed E-state index contributed by atoms with van der Waals surface area (Å²) in [4.78, 5) is 33.6. The molecule has 1 saturated heterocycles. The summed E-state index contributed by atoms with van der Waals surface area (Å²) in [7, 11) is 0. The molecule has 0 N–H and O–H groups in total. The van der Waals surface area contributed by atoms with Crippen LogP contribution >= 0.6 is 0 Å². The molecule has 3 aliphatic rings. The third kappa shape index (κ3) is 3.17. The molecule has 0 saturated carbocycles. The summed E-state index contributed by atoms with van der Waals surface area (Å²) in [6.07, 6.45) is 5.25. The lowest BCUT2D eigenvalue weighted by molar-refractivity contribution is -0.402. The van der Waals surface area contributed by atoms with Gasteiger partial charge in [0.05, 0.1) is 17.4 Å². The molecule has 1 aromatic carbocycles. The predicted octanol–water partition coefficient (Wildman–Crippen LogP) is 3.24. The van der Waals surface area contributed by atoms with Crippen LogP contribution in [0.3, 0.4) is 0 Å². The van der Waals surface area contributed by atoms with Crippen molar-refractivity contribution in [1.29, 1.82) is 0 Å². The van der Waals surface area contributed by atoms with Gasteiger partial charge in [0.1, 0.15) is 16.4 Å². The number of piperidine rings is 1. The average Bonchev–Trinajstić information content (AvgIpc) is 3.42. The zero-order valence-electron chi connectivity index (χ0n) is 16.4. The van der Waals surface area contributed by atoms with Crippen LogP contribution in [0.4, 0.5) is 17.3 Å². The van der Waals surface area contributed by atoms with Crippen LogP contribution in [-0.2, 0) is 4.79 Å². The third-order valence-electron chi connectivity index (χ3n) is 5.68. The van der Waals surface area contributed by atoms with Gasteiger partial charge in [0.25, 0.3) is 5.91 Å². The normalized spacial score (nSPS) is 19.9. The van der Waals surface area contributed by atoms with Crippen molar-refractivity contribution in [3.63, 3.8) is 0 Å². The van der Waals surface area contributed by atoms with E-state index in [9.17, 15) is 14.9 Å². The second-order valence-corrected chi connectivity index (χ2v) is 7.56. The molecule has 5 rings (SSSR count). The Morgan fingerprint density at radius 1 is 1.07 bits per heavy atom. The number of anilines is 2. The van der Waals surface area contributed by atoms with Gasteiger partial charge in [-0.3, -0.25) is 19.8 Å². The molecule has 9 heteroatoms. The van der Waals surface area contributed by atoms with Gasteiger partial charge in [-0.05, 0) is 44.1 Å². The van der Waals surface area contributed by atoms with Gasteiger partial charge in [-0.15, -0.1) is 0 Å². The zero-order valence-corrected chi connectivity index (χ0v) is 16.4. The quantitative estimate of drug-likeness (QED) is 0.426. The van der Waals surface area contributed by atoms with Crippen LogP contribution in [0.2, 0.25) is 0 Å². The molecular weight excluding hydrogens is 386 g/mol. The van der Waals surface area contributed by atoms with E-state index in [1.807, 2.05) is 29.2 Å². The molecule has 0 bridgehead atoms. The number of furan rings is 1. The highest BCUT2D eigenvalue weighted by Crippen LogP contribution is 2.42. The highest BCUT2D eigenvalue weighted by atomic mass is 16.6. The molecule has 3 aliphatic heterocycles. The summed E-state index contributed by atoms with van der Waals surface area (Å²) in [6, 6.07) is 10.6. The van der Waals surface area contributed by atoms with Crippen molar-refractivity contribution in [2.75, 3.05) is 36.0 Å². The molecule has 0 unspecified atom stereocenters. The number of nitro groups is 1. The van der Waals surface area contributed by atoms with Crippen LogP contribution in [0.15, 0.2) is 51.5 Å². The van der Waals surface area contributed by atoms with Crippen molar-refractivity contribution in [2.24, 2.45) is 4.99 Å². The molecule has 1 aromatic heterocycles. The standard InChI is InChI=1S/C21H21N5O4/c27-20-18(14-15-8-9-19(30-15)26(28)29)25-17-7-3-2-6-16(17)24(21(25)22-20)13-12-23-10-4-1-5-11-23/h2-3,6-9,14H,1,4-5,10-13H2/b18-14-. The van der Waals surface area contributed by atoms with Crippen molar-refractivity contribution in [3.05, 3.63) is 58.0 Å². The van der Waals surface area contributed by atoms with Gasteiger partial charge in [0.15, 0.2) is 0 Å². The average molecular weight is 407 g/mol. The van der Waals surface area contributed by atoms with E-state index < -0.39 is 4.92 Å². The number of carbonyl (C=O) groups is 1. The van der Waals surface area contributed by atoms with Gasteiger partial charge in [0.2, 0.25) is 5.96 Å². The van der Waals surface area contributed by atoms with Gasteiger partial charge in [-0.1, -0.05) is 18.6 Å². The van der Waals surface area contributed by atoms with Crippen LogP contribution in [0.1, 0.15) is 25.0 Å². The minimum Gasteiger partial charge on any atom is -0.401 e. The number of para-hydroxylation sites is 2. The minimum absolute atomic E-state index is 0.241. The Hall–Kier alpha value is -3.46. The van der Waals surface area contributed by atoms with Crippen LogP contribution in [0, 0.1) is 10.1 Å². The first-order valence-electron chi connectivity index (χ1n) is 10.1. The van der Waals surface area contributed by atoms with E-state index in [1.54, 1.807) is 0 Å². The Labute approximate surface area is 173 Å². The first-order chi connectivity index (χ1) is 14.6. The Kier molecular flexibility index (Phi) is 4.59. The maximum absolute atomic E-state index is 12.7. The monoisotopic (exact) mass is 407 g/mol. The topological polar surface area (TPSA) is 95.4 Å². The van der Waals surface area contributed by atoms with E-state index >= 15 is 0 Å². The molecular formula is C21H21N5O4. The van der Waals surface area contributed by atoms with Gasteiger partial charge in [-0.25, -0.2) is 0 Å². The van der Waals surface area contributed by atoms with E-state index in [1.165, 1.54) is 37.5 Å². The summed E-state index contributed by atoms with van der Waals surface area (Å²) < 4.78 is 5.22. The molecule has 0 aliphatic carbocycles. The van der Waals surface area contributed by atoms with Crippen molar-refractivity contribution >= 4 is 35.2 Å². The van der Waals surface area contributed by atoms with Gasteiger partial charge >= 0.3 is 5.88 Å². The highest BCUT2D eigenvalue weighted by molar-refractivity contribution is 6.31. The number of guanidine groups is 1. The first kappa shape index (κ1) is 18.6. The lowest BCUT2D eigenvalue weighted by Gasteiger charge is -2.29. The lowest BCUT2D eigenvalue weighted by Crippen LogP contribution is -2.41. The van der Waals surface area contributed by atoms with E-state index in [4.69, 9.17) is 4.42 Å². The number of rotatable bonds is 5. The number of amides is 1. The fraction of sp³-hybridized carbons (Fsp3) is 0.333. The predicted molar refractivity (Wildman–Crippen MR) is 112 cm³/mol. The number of hydrogen-bond acceptors (Lipinski definition) is 7. The number of likely N-dealkylation sites (tertiary alicyclic amines) is 1. The molecule has 1 amide bonds. The number of nitrogens with zero attached hydrogens (tertiary/aromatic N) is 5. The van der Waals surface area contributed by atoms with E-state index in [0.717, 1.165) is 37.6 Å². The van der Waals surface area contributed by atoms with Crippen molar-refractivity contribution in [2.45, 2.75) is 19.3 Å². The van der Waals surface area contributed by atoms with Crippen molar-refractivity contribution in [1.82, 2.24) is 4.90 Å². The molecule has 0 atom stereocenters. The molecule has 1 fully saturated rings. The second-order valence-electron chi connectivity index (χ2n) is 7.56. The number of carbonyl (C=O) groups excluding carboxylic acids is 1. The zero-order chi connectivity index (χ0) is 20.7. The fourth-order valence-electron chi connectivity index (χ4n) is 4.23. The van der Waals surface area contributed by atoms with Crippen LogP contribution in [0.25, 0.3) is 6.08 Å². The van der Waals surface area contributed by atoms with Crippen LogP contribution < -0.4 is 9.80 Å². The van der Waals surface area contributed by atoms with Crippen molar-refractivity contribution in [3.8, 4) is 0 Å². The summed E-state index contributed by atoms with van der Waals surface area (Å²) in [5.74, 6) is 0.0659. The Bertz CT molecular complexity index is 1070. The molecule has 2 aromatic rings. The molecule has 0 spiro atoms. The Balaban J connectivity index is 1.45. The molecule has 0 radical (unpaired) electrons. The third-order valence-corrected chi connectivity index (χ3v) is 5.68. The lowest BCUT2D eigenvalue weighted by atomic mass is 10.1. The minimum atomic E-state index is -0.603. The number of benzene rings is 1. The highest BCUT2D eigenvalue weighted by Gasteiger charge is 2.42. The smallest absolute Gasteiger partial charge is 0.401 e. The maximum Gasteiger partial charge on any atom is 0.433 e. The van der Waals surface area contributed by atoms with E-state index in [0.29, 0.717) is 11.7 Å². The maximum atomic E-state index is 12.7. The Morgan fingerprint density at radius 2 is 1.83 bits per heavy atom. The summed E-state index contributed by atoms with van der Waals surface area (Å²) >= 11 is 0. The number of fused-ring (bicyclic) bond motifs is 3. The molecule has 4 heterocycles. The summed E-state index contributed by atoms with van der Waals surface area (Å²) in [5, 5.41) is 10.9. The van der Waals surface area contributed by atoms with E-state index in [2.05, 4.69) is 14.8 Å². The molecule has 154 valence electrons. The van der Waals surface area contributed by atoms with Crippen LogP contribution in [-0.4, -0.2) is 47.9 Å². The van der Waals surface area contributed by atoms with Crippen LogP contribution in [0.5, 0.6) is 0 Å². The SMILES string of the molecule is O=C1N=C2N(CCN3CCCCC3)c3ccccc3N2/C1=C\c1ccc([N+](=O)[O-])o1. The molecule has 30 heavy (non-hydrogen) atoms. The van der Waals surface area contributed by atoms with Gasteiger partial charge in [0, 0.05) is 19.2 Å². The first-order valence-corrected chi connectivity index (χ1v) is 10.1. The van der Waals surface area contributed by atoms with E-state index in [-0.39, 0.29) is 17.6 Å². The van der Waals surface area contributed by atoms with Crippen molar-refractivity contribution < 1.29 is 14.1 Å². The molecule has 9 nitrogen and oxygen atoms in total. The summed E-state index contributed by atoms with van der Waals surface area (Å²) in [6.45, 7) is 3.85. The van der Waals surface area contributed by atoms with Gasteiger partial charge in [-0.2, -0.15) is 4.99 Å². The largest absolute Gasteiger partial charge is 0.433 e. The second kappa shape index (κ2) is 7.42. The van der Waals surface area contributed by atoms with Gasteiger partial charge < -0.3 is 14.2 Å². The fourth-order valence-corrected chi connectivity index (χ4v) is 4.23. The number of hydrogen-bond donors (Lipinski definition) is 0. The Morgan fingerprint density at radius 3 is 2.57 bits per heavy atom. The number of aliphatic imine (C=N–C) groups is 1.